The van der Waals surface area contributed by atoms with Crippen molar-refractivity contribution in [3.8, 4) is 0 Å². The Balaban J connectivity index is 2.55. The summed E-state index contributed by atoms with van der Waals surface area (Å²) in [6.45, 7) is 1.82. The third-order valence-corrected chi connectivity index (χ3v) is 2.60. The molecule has 0 fully saturated rings. The second kappa shape index (κ2) is 4.70. The van der Waals surface area contributed by atoms with Gasteiger partial charge in [0.2, 0.25) is 0 Å². The minimum atomic E-state index is -0.146. The standard InChI is InChI=1S/C14H11NO2/c1-10-3-2-4-12(9-16)13(10)14(17)11-5-7-15-8-6-11/h2-9H,1H3. The van der Waals surface area contributed by atoms with Gasteiger partial charge in [-0.1, -0.05) is 18.2 Å². The molecule has 0 bridgehead atoms. The third-order valence-electron chi connectivity index (χ3n) is 2.60. The van der Waals surface area contributed by atoms with Gasteiger partial charge in [-0.05, 0) is 24.6 Å². The number of hydrogen-bond donors (Lipinski definition) is 0. The number of hydrogen-bond acceptors (Lipinski definition) is 3. The third kappa shape index (κ3) is 2.13. The molecule has 0 N–H and O–H groups in total. The first kappa shape index (κ1) is 11.2. The normalized spacial score (nSPS) is 9.94. The van der Waals surface area contributed by atoms with Gasteiger partial charge in [-0.25, -0.2) is 0 Å². The summed E-state index contributed by atoms with van der Waals surface area (Å²) in [7, 11) is 0. The van der Waals surface area contributed by atoms with Crippen molar-refractivity contribution >= 4 is 12.1 Å². The summed E-state index contributed by atoms with van der Waals surface area (Å²) in [5.41, 5.74) is 2.23. The topological polar surface area (TPSA) is 47.0 Å². The molecule has 84 valence electrons. The highest BCUT2D eigenvalue weighted by Gasteiger charge is 2.15. The lowest BCUT2D eigenvalue weighted by Crippen LogP contribution is -2.07. The molecule has 2 aromatic rings. The van der Waals surface area contributed by atoms with Gasteiger partial charge in [0.1, 0.15) is 0 Å². The molecule has 0 aliphatic carbocycles. The van der Waals surface area contributed by atoms with Gasteiger partial charge in [-0.3, -0.25) is 14.6 Å². The highest BCUT2D eigenvalue weighted by atomic mass is 16.1. The van der Waals surface area contributed by atoms with Crippen molar-refractivity contribution in [2.24, 2.45) is 0 Å². The fourth-order valence-corrected chi connectivity index (χ4v) is 1.75. The highest BCUT2D eigenvalue weighted by Crippen LogP contribution is 2.17. The number of aryl methyl sites for hydroxylation is 1. The molecule has 3 heteroatoms. The first-order valence-corrected chi connectivity index (χ1v) is 5.23. The zero-order chi connectivity index (χ0) is 12.3. The van der Waals surface area contributed by atoms with E-state index in [1.807, 2.05) is 13.0 Å². The molecule has 0 amide bonds. The molecule has 2 rings (SSSR count). The summed E-state index contributed by atoms with van der Waals surface area (Å²) in [6.07, 6.45) is 3.83. The quantitative estimate of drug-likeness (QED) is 0.595. The first-order chi connectivity index (χ1) is 8.24. The number of carbonyl (C=O) groups is 2. The van der Waals surface area contributed by atoms with Gasteiger partial charge < -0.3 is 0 Å². The Morgan fingerprint density at radius 3 is 2.53 bits per heavy atom. The molecule has 0 saturated heterocycles. The van der Waals surface area contributed by atoms with Crippen LogP contribution in [0.1, 0.15) is 31.8 Å². The summed E-state index contributed by atoms with van der Waals surface area (Å²) in [5, 5.41) is 0. The van der Waals surface area contributed by atoms with Crippen molar-refractivity contribution in [2.75, 3.05) is 0 Å². The monoisotopic (exact) mass is 225 g/mol. The molecule has 0 aliphatic heterocycles. The molecule has 0 unspecified atom stereocenters. The lowest BCUT2D eigenvalue weighted by Gasteiger charge is -2.07. The van der Waals surface area contributed by atoms with E-state index in [1.54, 1.807) is 36.7 Å². The zero-order valence-corrected chi connectivity index (χ0v) is 9.38. The van der Waals surface area contributed by atoms with Crippen LogP contribution < -0.4 is 0 Å². The summed E-state index contributed by atoms with van der Waals surface area (Å²) < 4.78 is 0. The van der Waals surface area contributed by atoms with E-state index in [0.29, 0.717) is 23.0 Å². The Morgan fingerprint density at radius 2 is 1.88 bits per heavy atom. The molecule has 1 aromatic carbocycles. The molecule has 0 radical (unpaired) electrons. The molecule has 3 nitrogen and oxygen atoms in total. The van der Waals surface area contributed by atoms with Crippen LogP contribution in [-0.4, -0.2) is 17.1 Å². The summed E-state index contributed by atoms with van der Waals surface area (Å²) in [5.74, 6) is -0.146. The Kier molecular flexibility index (Phi) is 3.10. The van der Waals surface area contributed by atoms with Crippen LogP contribution in [-0.2, 0) is 0 Å². The summed E-state index contributed by atoms with van der Waals surface area (Å²) >= 11 is 0. The van der Waals surface area contributed by atoms with Crippen LogP contribution in [0.25, 0.3) is 0 Å². The Labute approximate surface area is 99.1 Å². The fourth-order valence-electron chi connectivity index (χ4n) is 1.75. The van der Waals surface area contributed by atoms with Crippen LogP contribution >= 0.6 is 0 Å². The molecule has 0 aliphatic rings. The molecule has 0 atom stereocenters. The van der Waals surface area contributed by atoms with E-state index in [0.717, 1.165) is 5.56 Å². The zero-order valence-electron chi connectivity index (χ0n) is 9.38. The minimum Gasteiger partial charge on any atom is -0.298 e. The number of carbonyl (C=O) groups excluding carboxylic acids is 2. The maximum Gasteiger partial charge on any atom is 0.194 e. The molecule has 0 spiro atoms. The second-order valence-electron chi connectivity index (χ2n) is 3.72. The van der Waals surface area contributed by atoms with Crippen LogP contribution in [0.5, 0.6) is 0 Å². The van der Waals surface area contributed by atoms with Crippen LogP contribution in [0.3, 0.4) is 0 Å². The van der Waals surface area contributed by atoms with E-state index in [2.05, 4.69) is 4.98 Å². The SMILES string of the molecule is Cc1cccc(C=O)c1C(=O)c1ccncc1. The smallest absolute Gasteiger partial charge is 0.194 e. The van der Waals surface area contributed by atoms with Crippen LogP contribution in [0.2, 0.25) is 0 Å². The van der Waals surface area contributed by atoms with Gasteiger partial charge in [-0.15, -0.1) is 0 Å². The Morgan fingerprint density at radius 1 is 1.18 bits per heavy atom. The Bertz CT molecular complexity index is 562. The number of benzene rings is 1. The van der Waals surface area contributed by atoms with Gasteiger partial charge in [-0.2, -0.15) is 0 Å². The molecular weight excluding hydrogens is 214 g/mol. The van der Waals surface area contributed by atoms with Crippen molar-refractivity contribution in [1.82, 2.24) is 4.98 Å². The van der Waals surface area contributed by atoms with Crippen LogP contribution in [0.15, 0.2) is 42.7 Å². The van der Waals surface area contributed by atoms with E-state index < -0.39 is 0 Å². The van der Waals surface area contributed by atoms with E-state index in [1.165, 1.54) is 0 Å². The second-order valence-corrected chi connectivity index (χ2v) is 3.72. The fraction of sp³-hybridized carbons (Fsp3) is 0.0714. The van der Waals surface area contributed by atoms with Crippen LogP contribution in [0, 0.1) is 6.92 Å². The average molecular weight is 225 g/mol. The van der Waals surface area contributed by atoms with E-state index in [9.17, 15) is 9.59 Å². The number of ketones is 1. The number of aromatic nitrogens is 1. The van der Waals surface area contributed by atoms with Crippen molar-refractivity contribution in [3.63, 3.8) is 0 Å². The van der Waals surface area contributed by atoms with Crippen molar-refractivity contribution < 1.29 is 9.59 Å². The number of aldehydes is 1. The van der Waals surface area contributed by atoms with Gasteiger partial charge in [0, 0.05) is 29.1 Å². The molecule has 0 saturated carbocycles. The average Bonchev–Trinajstić information content (AvgIpc) is 2.38. The summed E-state index contributed by atoms with van der Waals surface area (Å²) in [6, 6.07) is 8.52. The van der Waals surface area contributed by atoms with Gasteiger partial charge in [0.05, 0.1) is 0 Å². The maximum absolute atomic E-state index is 12.3. The summed E-state index contributed by atoms with van der Waals surface area (Å²) in [4.78, 5) is 27.1. The number of rotatable bonds is 3. The molecular formula is C14H11NO2. The largest absolute Gasteiger partial charge is 0.298 e. The molecule has 1 heterocycles. The Hall–Kier alpha value is -2.29. The van der Waals surface area contributed by atoms with Crippen LogP contribution in [0.4, 0.5) is 0 Å². The predicted molar refractivity (Wildman–Crippen MR) is 64.2 cm³/mol. The van der Waals surface area contributed by atoms with Gasteiger partial charge in [0.15, 0.2) is 12.1 Å². The minimum absolute atomic E-state index is 0.146. The van der Waals surface area contributed by atoms with E-state index >= 15 is 0 Å². The lowest BCUT2D eigenvalue weighted by molar-refractivity contribution is 0.102. The predicted octanol–water partition coefficient (Wildman–Crippen LogP) is 2.43. The van der Waals surface area contributed by atoms with E-state index in [-0.39, 0.29) is 5.78 Å². The maximum atomic E-state index is 12.3. The first-order valence-electron chi connectivity index (χ1n) is 5.23. The number of nitrogens with zero attached hydrogens (tertiary/aromatic N) is 1. The van der Waals surface area contributed by atoms with Gasteiger partial charge >= 0.3 is 0 Å². The number of pyridine rings is 1. The van der Waals surface area contributed by atoms with Crippen molar-refractivity contribution in [1.29, 1.82) is 0 Å². The van der Waals surface area contributed by atoms with Crippen molar-refractivity contribution in [3.05, 3.63) is 65.0 Å². The molecule has 1 aromatic heterocycles. The molecule has 17 heavy (non-hydrogen) atoms. The van der Waals surface area contributed by atoms with Crippen molar-refractivity contribution in [2.45, 2.75) is 6.92 Å². The van der Waals surface area contributed by atoms with E-state index in [4.69, 9.17) is 0 Å². The highest BCUT2D eigenvalue weighted by molar-refractivity contribution is 6.13. The lowest BCUT2D eigenvalue weighted by atomic mass is 9.95. The van der Waals surface area contributed by atoms with Gasteiger partial charge in [0.25, 0.3) is 0 Å².